The second-order valence-corrected chi connectivity index (χ2v) is 21.9. The van der Waals surface area contributed by atoms with Crippen molar-refractivity contribution in [2.75, 3.05) is 17.2 Å². The van der Waals surface area contributed by atoms with E-state index < -0.39 is 7.60 Å². The molecule has 64 heavy (non-hydrogen) atoms. The van der Waals surface area contributed by atoms with Gasteiger partial charge in [0, 0.05) is 53.6 Å². The normalized spacial score (nSPS) is 12.2. The Hall–Kier alpha value is -3.96. The van der Waals surface area contributed by atoms with Crippen LogP contribution in [-0.2, 0) is 17.4 Å². The number of unbranched alkanes of at least 4 members (excludes halogenated alkanes) is 15. The van der Waals surface area contributed by atoms with Crippen LogP contribution in [0.3, 0.4) is 0 Å². The molecule has 338 valence electrons. The van der Waals surface area contributed by atoms with Gasteiger partial charge in [-0.1, -0.05) is 140 Å². The topological polar surface area (TPSA) is 108 Å². The minimum Gasteiger partial charge on any atom is -0.338 e. The quantitative estimate of drug-likeness (QED) is 0.0145. The van der Waals surface area contributed by atoms with Crippen molar-refractivity contribution in [3.8, 4) is 22.6 Å². The van der Waals surface area contributed by atoms with Crippen molar-refractivity contribution in [1.82, 2.24) is 0 Å². The van der Waals surface area contributed by atoms with Gasteiger partial charge in [0.2, 0.25) is 0 Å². The third-order valence-electron chi connectivity index (χ3n) is 11.3. The molecule has 11 heteroatoms. The number of thiol groups is 1. The molecule has 2 N–H and O–H groups in total. The molecule has 0 spiro atoms. The zero-order chi connectivity index (χ0) is 45.4. The number of hydrogen-bond donors (Lipinski definition) is 3. The van der Waals surface area contributed by atoms with E-state index in [0.29, 0.717) is 28.3 Å². The summed E-state index contributed by atoms with van der Waals surface area (Å²) in [6, 6.07) is 33.2. The Morgan fingerprint density at radius 3 is 1.80 bits per heavy atom. The molecule has 5 aromatic rings. The fourth-order valence-electron chi connectivity index (χ4n) is 7.65. The molecule has 0 radical (unpaired) electrons. The highest BCUT2D eigenvalue weighted by molar-refractivity contribution is 7.80. The molecular formula is C53H64N3O3PS4. The van der Waals surface area contributed by atoms with Crippen LogP contribution in [-0.4, -0.2) is 22.1 Å². The summed E-state index contributed by atoms with van der Waals surface area (Å²) in [6.07, 6.45) is 32.1. The minimum absolute atomic E-state index is 0.0492. The first kappa shape index (κ1) is 51.0. The van der Waals surface area contributed by atoms with E-state index in [2.05, 4.69) is 109 Å². The first-order valence-corrected chi connectivity index (χ1v) is 27.7. The highest BCUT2D eigenvalue weighted by Gasteiger charge is 2.21. The summed E-state index contributed by atoms with van der Waals surface area (Å²) in [5, 5.41) is 19.2. The summed E-state index contributed by atoms with van der Waals surface area (Å²) in [6.45, 7) is 2.99. The molecule has 0 amide bonds. The molecular weight excluding hydrogens is 886 g/mol. The molecule has 0 aliphatic rings. The Kier molecular flexibility index (Phi) is 22.5. The second-order valence-electron chi connectivity index (χ2n) is 16.4. The summed E-state index contributed by atoms with van der Waals surface area (Å²) in [5.41, 5.74) is 5.69. The number of allylic oxidation sites excluding steroid dienone is 2. The first-order chi connectivity index (χ1) is 31.2. The van der Waals surface area contributed by atoms with Gasteiger partial charge >= 0.3 is 7.60 Å². The predicted molar refractivity (Wildman–Crippen MR) is 281 cm³/mol. The Morgan fingerprint density at radius 1 is 0.656 bits per heavy atom. The smallest absolute Gasteiger partial charge is 0.338 e. The van der Waals surface area contributed by atoms with Crippen LogP contribution < -0.4 is 9.52 Å². The van der Waals surface area contributed by atoms with Crippen LogP contribution in [0.25, 0.3) is 28.2 Å². The number of thiophene rings is 3. The molecule has 5 rings (SSSR count). The number of rotatable bonds is 29. The van der Waals surface area contributed by atoms with E-state index >= 15 is 0 Å². The number of aryl methyl sites for hydroxylation is 1. The van der Waals surface area contributed by atoms with Crippen LogP contribution in [0.2, 0.25) is 0 Å². The van der Waals surface area contributed by atoms with Gasteiger partial charge in [-0.3, -0.25) is 4.57 Å². The van der Waals surface area contributed by atoms with Crippen LogP contribution in [0, 0.1) is 22.7 Å². The van der Waals surface area contributed by atoms with Gasteiger partial charge in [0.05, 0.1) is 11.6 Å². The fraction of sp³-hybridized carbons (Fsp3) is 0.396. The molecule has 0 fully saturated rings. The average Bonchev–Trinajstić information content (AvgIpc) is 4.10. The van der Waals surface area contributed by atoms with Gasteiger partial charge in [0.1, 0.15) is 10.7 Å². The maximum Gasteiger partial charge on any atom is 0.366 e. The molecule has 3 aromatic heterocycles. The van der Waals surface area contributed by atoms with Gasteiger partial charge in [0.15, 0.2) is 0 Å². The zero-order valence-corrected chi connectivity index (χ0v) is 41.5. The minimum atomic E-state index is -4.38. The van der Waals surface area contributed by atoms with Gasteiger partial charge in [0.25, 0.3) is 0 Å². The van der Waals surface area contributed by atoms with E-state index in [1.165, 1.54) is 119 Å². The molecule has 0 aliphatic heterocycles. The van der Waals surface area contributed by atoms with Crippen LogP contribution in [0.5, 0.6) is 0 Å². The summed E-state index contributed by atoms with van der Waals surface area (Å²) in [4.78, 5) is 26.2. The summed E-state index contributed by atoms with van der Waals surface area (Å²) >= 11 is 8.47. The number of nitriles is 2. The number of nitrogens with zero attached hydrogens (tertiary/aromatic N) is 3. The maximum absolute atomic E-state index is 11.7. The molecule has 0 aliphatic carbocycles. The Balaban J connectivity index is 1.16. The van der Waals surface area contributed by atoms with Crippen molar-refractivity contribution in [2.24, 2.45) is 0 Å². The molecule has 0 saturated heterocycles. The van der Waals surface area contributed by atoms with E-state index in [-0.39, 0.29) is 4.62 Å². The van der Waals surface area contributed by atoms with Crippen molar-refractivity contribution >= 4 is 88.0 Å². The van der Waals surface area contributed by atoms with Gasteiger partial charge in [-0.05, 0) is 103 Å². The lowest BCUT2D eigenvalue weighted by molar-refractivity contribution is 0.388. The Morgan fingerprint density at radius 2 is 1.23 bits per heavy atom. The molecule has 0 saturated carbocycles. The lowest BCUT2D eigenvalue weighted by atomic mass is 10.0. The van der Waals surface area contributed by atoms with E-state index in [4.69, 9.17) is 0 Å². The van der Waals surface area contributed by atoms with Crippen molar-refractivity contribution in [1.29, 1.82) is 10.5 Å². The van der Waals surface area contributed by atoms with Crippen LogP contribution in [0.4, 0.5) is 11.4 Å². The zero-order valence-electron chi connectivity index (χ0n) is 37.3. The largest absolute Gasteiger partial charge is 0.366 e. The summed E-state index contributed by atoms with van der Waals surface area (Å²) in [7, 11) is -4.38. The van der Waals surface area contributed by atoms with Crippen LogP contribution >= 0.6 is 54.2 Å². The van der Waals surface area contributed by atoms with Crippen molar-refractivity contribution < 1.29 is 14.4 Å². The van der Waals surface area contributed by atoms with Crippen LogP contribution in [0.1, 0.15) is 135 Å². The Bertz CT molecular complexity index is 2370. The van der Waals surface area contributed by atoms with E-state index in [0.717, 1.165) is 55.7 Å². The highest BCUT2D eigenvalue weighted by atomic mass is 32.1. The SMILES string of the molecule is CCCCCCCCCCCCCCCCCCc1ccc(N(C/C=C\Cc2ccc(/C=C(\C#N)CS)s2)c2ccc(-c3ccc(/C=C(\C#N)c4ccc(P(=O)(O)O)s4)s3)cc2)cc1. The van der Waals surface area contributed by atoms with E-state index in [1.54, 1.807) is 34.8 Å². The second kappa shape index (κ2) is 28.2. The number of anilines is 2. The first-order valence-electron chi connectivity index (χ1n) is 23.0. The summed E-state index contributed by atoms with van der Waals surface area (Å²) < 4.78 is 11.7. The Labute approximate surface area is 400 Å². The van der Waals surface area contributed by atoms with Gasteiger partial charge in [-0.25, -0.2) is 0 Å². The molecule has 0 bridgehead atoms. The standard InChI is InChI=1S/C53H64N3O3PS4/c1-2-3-4-5-6-7-8-9-10-11-12-13-14-15-16-17-20-42-22-26-46(27-23-42)56(36-19-18-21-48-30-31-49(62-48)37-43(39-54)41-61)47-28-24-44(25-29-47)51-33-32-50(63-51)38-45(40-55)52-34-35-53(64-52)60(57,58)59/h18-19,22-35,37-38,61H,2-17,20-21,36,41H2,1H3,(H2,57,58,59)/b19-18-,43-37+,45-38+. The third kappa shape index (κ3) is 17.4. The van der Waals surface area contributed by atoms with Gasteiger partial charge in [-0.2, -0.15) is 23.2 Å². The van der Waals surface area contributed by atoms with Crippen LogP contribution in [0.15, 0.2) is 103 Å². The number of benzene rings is 2. The van der Waals surface area contributed by atoms with Crippen molar-refractivity contribution in [3.63, 3.8) is 0 Å². The average molecular weight is 950 g/mol. The van der Waals surface area contributed by atoms with Gasteiger partial charge < -0.3 is 14.7 Å². The monoisotopic (exact) mass is 949 g/mol. The molecule has 6 nitrogen and oxygen atoms in total. The summed E-state index contributed by atoms with van der Waals surface area (Å²) in [5.74, 6) is 0.429. The lowest BCUT2D eigenvalue weighted by Crippen LogP contribution is -2.16. The maximum atomic E-state index is 11.7. The molecule has 0 atom stereocenters. The van der Waals surface area contributed by atoms with E-state index in [9.17, 15) is 24.9 Å². The third-order valence-corrected chi connectivity index (χ3v) is 16.4. The highest BCUT2D eigenvalue weighted by Crippen LogP contribution is 2.39. The fourth-order valence-corrected chi connectivity index (χ4v) is 11.5. The van der Waals surface area contributed by atoms with Crippen molar-refractivity contribution in [3.05, 3.63) is 128 Å². The molecule has 0 unspecified atom stereocenters. The van der Waals surface area contributed by atoms with Crippen molar-refractivity contribution in [2.45, 2.75) is 122 Å². The molecule has 3 heterocycles. The molecule has 2 aromatic carbocycles. The van der Waals surface area contributed by atoms with E-state index in [1.807, 2.05) is 18.2 Å². The number of hydrogen-bond acceptors (Lipinski definition) is 8. The lowest BCUT2D eigenvalue weighted by Gasteiger charge is -2.24. The predicted octanol–water partition coefficient (Wildman–Crippen LogP) is 16.0. The van der Waals surface area contributed by atoms with Gasteiger partial charge in [-0.15, -0.1) is 34.0 Å².